The minimum Gasteiger partial charge on any atom is -0.481 e. The third kappa shape index (κ3) is 3.86. The molecule has 1 aliphatic heterocycles. The highest BCUT2D eigenvalue weighted by Gasteiger charge is 2.35. The van der Waals surface area contributed by atoms with Crippen molar-refractivity contribution in [2.45, 2.75) is 44.6 Å². The Bertz CT molecular complexity index is 603. The molecule has 2 aliphatic rings. The highest BCUT2D eigenvalue weighted by molar-refractivity contribution is 5.80. The fourth-order valence-electron chi connectivity index (χ4n) is 3.87. The molecular weight excluding hydrogens is 302 g/mol. The van der Waals surface area contributed by atoms with Crippen LogP contribution in [0.3, 0.4) is 0 Å². The summed E-state index contributed by atoms with van der Waals surface area (Å²) in [4.78, 5) is 25.9. The van der Waals surface area contributed by atoms with Crippen molar-refractivity contribution >= 4 is 18.0 Å². The van der Waals surface area contributed by atoms with Crippen LogP contribution in [0.15, 0.2) is 36.4 Å². The Morgan fingerprint density at radius 2 is 1.67 bits per heavy atom. The second kappa shape index (κ2) is 7.65. The fourth-order valence-corrected chi connectivity index (χ4v) is 3.87. The van der Waals surface area contributed by atoms with E-state index in [9.17, 15) is 9.59 Å². The molecule has 128 valence electrons. The van der Waals surface area contributed by atoms with Crippen molar-refractivity contribution in [3.63, 3.8) is 0 Å². The summed E-state index contributed by atoms with van der Waals surface area (Å²) in [5, 5.41) is 9.09. The van der Waals surface area contributed by atoms with Gasteiger partial charge in [-0.05, 0) is 44.1 Å². The highest BCUT2D eigenvalue weighted by Crippen LogP contribution is 2.32. The molecule has 4 nitrogen and oxygen atoms in total. The van der Waals surface area contributed by atoms with Crippen LogP contribution < -0.4 is 0 Å². The minimum atomic E-state index is -0.717. The summed E-state index contributed by atoms with van der Waals surface area (Å²) in [5.41, 5.74) is 1.15. The quantitative estimate of drug-likeness (QED) is 0.919. The molecule has 2 fully saturated rings. The molecule has 1 heterocycles. The normalized spacial score (nSPS) is 27.5. The molecule has 1 aromatic carbocycles. The summed E-state index contributed by atoms with van der Waals surface area (Å²) >= 11 is 0. The van der Waals surface area contributed by atoms with Crippen LogP contribution in [0.5, 0.6) is 0 Å². The molecule has 24 heavy (non-hydrogen) atoms. The second-order valence-electron chi connectivity index (χ2n) is 6.90. The maximum Gasteiger partial charge on any atom is 0.306 e. The summed E-state index contributed by atoms with van der Waals surface area (Å²) in [7, 11) is 0. The van der Waals surface area contributed by atoms with Crippen molar-refractivity contribution < 1.29 is 14.7 Å². The van der Waals surface area contributed by atoms with E-state index in [1.54, 1.807) is 0 Å². The number of carbonyl (C=O) groups excluding carboxylic acids is 1. The summed E-state index contributed by atoms with van der Waals surface area (Å²) in [6.07, 6.45) is 8.97. The smallest absolute Gasteiger partial charge is 0.306 e. The summed E-state index contributed by atoms with van der Waals surface area (Å²) in [6.45, 7) is 0.821. The fraction of sp³-hybridized carbons (Fsp3) is 0.500. The van der Waals surface area contributed by atoms with Crippen LogP contribution >= 0.6 is 0 Å². The number of benzene rings is 1. The van der Waals surface area contributed by atoms with Crippen molar-refractivity contribution in [3.05, 3.63) is 42.0 Å². The standard InChI is InChI=1S/C20H25NO3/c22-19(16-9-11-17(12-10-16)20(23)24)21-14-4-7-18(21)13-8-15-5-2-1-3-6-15/h1-3,5-6,8,13,16-18H,4,7,9-12,14H2,(H,23,24). The molecule has 1 amide bonds. The zero-order valence-electron chi connectivity index (χ0n) is 13.9. The second-order valence-corrected chi connectivity index (χ2v) is 6.90. The maximum atomic E-state index is 12.8. The number of carbonyl (C=O) groups is 2. The maximum absolute atomic E-state index is 12.8. The van der Waals surface area contributed by atoms with Crippen LogP contribution in [0.2, 0.25) is 0 Å². The van der Waals surface area contributed by atoms with E-state index in [0.717, 1.165) is 24.9 Å². The first-order valence-corrected chi connectivity index (χ1v) is 8.91. The molecule has 1 saturated carbocycles. The Kier molecular flexibility index (Phi) is 5.34. The van der Waals surface area contributed by atoms with Crippen molar-refractivity contribution in [2.75, 3.05) is 6.54 Å². The van der Waals surface area contributed by atoms with Crippen LogP contribution in [-0.2, 0) is 9.59 Å². The molecule has 1 saturated heterocycles. The molecular formula is C20H25NO3. The van der Waals surface area contributed by atoms with Gasteiger partial charge in [0.15, 0.2) is 0 Å². The SMILES string of the molecule is O=C(O)C1CCC(C(=O)N2CCCC2C=Cc2ccccc2)CC1. The lowest BCUT2D eigenvalue weighted by molar-refractivity contribution is -0.145. The first-order chi connectivity index (χ1) is 11.6. The van der Waals surface area contributed by atoms with Crippen molar-refractivity contribution in [2.24, 2.45) is 11.8 Å². The van der Waals surface area contributed by atoms with Crippen LogP contribution in [0.25, 0.3) is 6.08 Å². The first-order valence-electron chi connectivity index (χ1n) is 8.91. The van der Waals surface area contributed by atoms with Crippen molar-refractivity contribution in [1.29, 1.82) is 0 Å². The average Bonchev–Trinajstić information content (AvgIpc) is 3.09. The van der Waals surface area contributed by atoms with Gasteiger partial charge in [0.2, 0.25) is 5.91 Å². The third-order valence-corrected chi connectivity index (χ3v) is 5.32. The van der Waals surface area contributed by atoms with Gasteiger partial charge in [0.25, 0.3) is 0 Å². The molecule has 1 atom stereocenters. The Balaban J connectivity index is 1.60. The number of carboxylic acid groups (broad SMARTS) is 1. The Morgan fingerprint density at radius 3 is 2.33 bits per heavy atom. The zero-order chi connectivity index (χ0) is 16.9. The molecule has 0 bridgehead atoms. The lowest BCUT2D eigenvalue weighted by Gasteiger charge is -2.31. The molecule has 1 N–H and O–H groups in total. The molecule has 0 spiro atoms. The van der Waals surface area contributed by atoms with Gasteiger partial charge in [0, 0.05) is 12.5 Å². The van der Waals surface area contributed by atoms with Gasteiger partial charge >= 0.3 is 5.97 Å². The van der Waals surface area contributed by atoms with E-state index in [2.05, 4.69) is 24.3 Å². The first kappa shape index (κ1) is 16.7. The monoisotopic (exact) mass is 327 g/mol. The Hall–Kier alpha value is -2.10. The lowest BCUT2D eigenvalue weighted by Crippen LogP contribution is -2.40. The van der Waals surface area contributed by atoms with Crippen molar-refractivity contribution in [3.8, 4) is 0 Å². The topological polar surface area (TPSA) is 57.6 Å². The molecule has 0 radical (unpaired) electrons. The van der Waals surface area contributed by atoms with Gasteiger partial charge in [-0.1, -0.05) is 42.5 Å². The van der Waals surface area contributed by atoms with Crippen molar-refractivity contribution in [1.82, 2.24) is 4.90 Å². The molecule has 3 rings (SSSR count). The number of amides is 1. The number of nitrogens with zero attached hydrogens (tertiary/aromatic N) is 1. The van der Waals surface area contributed by atoms with E-state index in [1.807, 2.05) is 23.1 Å². The van der Waals surface area contributed by atoms with E-state index < -0.39 is 5.97 Å². The van der Waals surface area contributed by atoms with E-state index in [4.69, 9.17) is 5.11 Å². The number of carboxylic acids is 1. The zero-order valence-corrected chi connectivity index (χ0v) is 13.9. The minimum absolute atomic E-state index is 0.00586. The number of likely N-dealkylation sites (tertiary alicyclic amines) is 1. The summed E-state index contributed by atoms with van der Waals surface area (Å²) in [6, 6.07) is 10.3. The molecule has 4 heteroatoms. The Morgan fingerprint density at radius 1 is 1.00 bits per heavy atom. The predicted octanol–water partition coefficient (Wildman–Crippen LogP) is 3.58. The molecule has 1 aliphatic carbocycles. The third-order valence-electron chi connectivity index (χ3n) is 5.32. The van der Waals surface area contributed by atoms with Crippen LogP contribution in [0, 0.1) is 11.8 Å². The van der Waals surface area contributed by atoms with E-state index in [-0.39, 0.29) is 23.8 Å². The lowest BCUT2D eigenvalue weighted by atomic mass is 9.81. The van der Waals surface area contributed by atoms with E-state index >= 15 is 0 Å². The van der Waals surface area contributed by atoms with E-state index in [0.29, 0.717) is 25.7 Å². The van der Waals surface area contributed by atoms with Crippen LogP contribution in [-0.4, -0.2) is 34.5 Å². The highest BCUT2D eigenvalue weighted by atomic mass is 16.4. The molecule has 1 aromatic rings. The molecule has 0 aromatic heterocycles. The van der Waals surface area contributed by atoms with Gasteiger partial charge in [-0.15, -0.1) is 0 Å². The van der Waals surface area contributed by atoms with E-state index in [1.165, 1.54) is 0 Å². The predicted molar refractivity (Wildman–Crippen MR) is 93.3 cm³/mol. The van der Waals surface area contributed by atoms with Gasteiger partial charge in [0.05, 0.1) is 12.0 Å². The number of aliphatic carboxylic acids is 1. The summed E-state index contributed by atoms with van der Waals surface area (Å²) < 4.78 is 0. The van der Waals surface area contributed by atoms with Crippen LogP contribution in [0.1, 0.15) is 44.1 Å². The Labute approximate surface area is 143 Å². The largest absolute Gasteiger partial charge is 0.481 e. The molecule has 1 unspecified atom stereocenters. The van der Waals surface area contributed by atoms with Gasteiger partial charge in [-0.3, -0.25) is 9.59 Å². The number of hydrogen-bond acceptors (Lipinski definition) is 2. The van der Waals surface area contributed by atoms with Gasteiger partial charge in [-0.25, -0.2) is 0 Å². The van der Waals surface area contributed by atoms with Crippen LogP contribution in [0.4, 0.5) is 0 Å². The number of rotatable bonds is 4. The van der Waals surface area contributed by atoms with Gasteiger partial charge in [-0.2, -0.15) is 0 Å². The van der Waals surface area contributed by atoms with Gasteiger partial charge in [0.1, 0.15) is 0 Å². The number of hydrogen-bond donors (Lipinski definition) is 1. The average molecular weight is 327 g/mol. The summed E-state index contributed by atoms with van der Waals surface area (Å²) in [5.74, 6) is -0.752. The van der Waals surface area contributed by atoms with Gasteiger partial charge < -0.3 is 10.0 Å².